The van der Waals surface area contributed by atoms with Crippen LogP contribution >= 0.6 is 0 Å². The highest BCUT2D eigenvalue weighted by Gasteiger charge is 2.08. The Morgan fingerprint density at radius 1 is 1.22 bits per heavy atom. The number of carbonyl (C=O) groups excluding carboxylic acids is 1. The second-order valence-electron chi connectivity index (χ2n) is 3.76. The molecule has 1 amide bonds. The number of aliphatic carboxylic acids is 1. The zero-order valence-corrected chi connectivity index (χ0v) is 10.5. The van der Waals surface area contributed by atoms with E-state index in [0.717, 1.165) is 6.26 Å². The molecule has 0 radical (unpaired) electrons. The van der Waals surface area contributed by atoms with Gasteiger partial charge >= 0.3 is 5.97 Å². The summed E-state index contributed by atoms with van der Waals surface area (Å²) in [5.41, 5.74) is 0.616. The standard InChI is InChI=1S/C11H13NO5S/c1-18(16,17)9-4-2-8(3-5-9)6-10(13)12-7-11(14)15/h2-5H,6-7H2,1H3,(H,12,13)(H,14,15). The molecular formula is C11H13NO5S. The molecule has 1 aromatic carbocycles. The van der Waals surface area contributed by atoms with Gasteiger partial charge in [-0.05, 0) is 17.7 Å². The van der Waals surface area contributed by atoms with E-state index in [0.29, 0.717) is 5.56 Å². The molecular weight excluding hydrogens is 258 g/mol. The molecule has 0 bridgehead atoms. The first kappa shape index (κ1) is 14.2. The lowest BCUT2D eigenvalue weighted by molar-refractivity contribution is -0.137. The topological polar surface area (TPSA) is 101 Å². The number of nitrogens with one attached hydrogen (secondary N) is 1. The SMILES string of the molecule is CS(=O)(=O)c1ccc(CC(=O)NCC(=O)O)cc1. The number of benzene rings is 1. The van der Waals surface area contributed by atoms with Gasteiger partial charge in [-0.2, -0.15) is 0 Å². The fraction of sp³-hybridized carbons (Fsp3) is 0.273. The largest absolute Gasteiger partial charge is 0.480 e. The van der Waals surface area contributed by atoms with E-state index in [1.807, 2.05) is 0 Å². The molecule has 0 aliphatic carbocycles. The third-order valence-corrected chi connectivity index (χ3v) is 3.28. The Bertz CT molecular complexity index is 547. The number of hydrogen-bond acceptors (Lipinski definition) is 4. The molecule has 98 valence electrons. The lowest BCUT2D eigenvalue weighted by Crippen LogP contribution is -2.30. The van der Waals surface area contributed by atoms with Crippen LogP contribution in [0.3, 0.4) is 0 Å². The van der Waals surface area contributed by atoms with Gasteiger partial charge in [-0.25, -0.2) is 8.42 Å². The minimum atomic E-state index is -3.25. The molecule has 1 rings (SSSR count). The summed E-state index contributed by atoms with van der Waals surface area (Å²) in [6.45, 7) is -0.430. The van der Waals surface area contributed by atoms with E-state index < -0.39 is 28.3 Å². The summed E-state index contributed by atoms with van der Waals surface area (Å²) >= 11 is 0. The van der Waals surface area contributed by atoms with Gasteiger partial charge in [0.25, 0.3) is 0 Å². The molecule has 0 unspecified atom stereocenters. The average molecular weight is 271 g/mol. The number of carboxylic acids is 1. The summed E-state index contributed by atoms with van der Waals surface area (Å²) in [5.74, 6) is -1.54. The van der Waals surface area contributed by atoms with Crippen LogP contribution in [-0.4, -0.2) is 38.2 Å². The number of sulfone groups is 1. The predicted molar refractivity (Wildman–Crippen MR) is 63.9 cm³/mol. The van der Waals surface area contributed by atoms with Crippen LogP contribution in [0, 0.1) is 0 Å². The van der Waals surface area contributed by atoms with Crippen LogP contribution in [0.2, 0.25) is 0 Å². The minimum Gasteiger partial charge on any atom is -0.480 e. The number of carboxylic acid groups (broad SMARTS) is 1. The van der Waals surface area contributed by atoms with Crippen molar-refractivity contribution < 1.29 is 23.1 Å². The van der Waals surface area contributed by atoms with Crippen molar-refractivity contribution in [3.8, 4) is 0 Å². The number of hydrogen-bond donors (Lipinski definition) is 2. The average Bonchev–Trinajstić information content (AvgIpc) is 2.26. The highest BCUT2D eigenvalue weighted by Crippen LogP contribution is 2.10. The summed E-state index contributed by atoms with van der Waals surface area (Å²) < 4.78 is 22.4. The number of amides is 1. The van der Waals surface area contributed by atoms with E-state index in [1.165, 1.54) is 24.3 Å². The molecule has 0 aliphatic rings. The molecule has 6 nitrogen and oxygen atoms in total. The van der Waals surface area contributed by atoms with Gasteiger partial charge in [0.2, 0.25) is 5.91 Å². The van der Waals surface area contributed by atoms with E-state index in [9.17, 15) is 18.0 Å². The Hall–Kier alpha value is -1.89. The van der Waals surface area contributed by atoms with Crippen molar-refractivity contribution in [1.82, 2.24) is 5.32 Å². The van der Waals surface area contributed by atoms with E-state index in [2.05, 4.69) is 5.32 Å². The van der Waals surface area contributed by atoms with Gasteiger partial charge in [-0.15, -0.1) is 0 Å². The van der Waals surface area contributed by atoms with Crippen LogP contribution in [0.15, 0.2) is 29.2 Å². The van der Waals surface area contributed by atoms with Crippen LogP contribution in [0.25, 0.3) is 0 Å². The molecule has 0 aromatic heterocycles. The molecule has 0 saturated heterocycles. The number of carbonyl (C=O) groups is 2. The van der Waals surface area contributed by atoms with Crippen LogP contribution < -0.4 is 5.32 Å². The normalized spacial score (nSPS) is 10.9. The highest BCUT2D eigenvalue weighted by molar-refractivity contribution is 7.90. The maximum Gasteiger partial charge on any atom is 0.322 e. The van der Waals surface area contributed by atoms with E-state index >= 15 is 0 Å². The van der Waals surface area contributed by atoms with Gasteiger partial charge in [0.1, 0.15) is 6.54 Å². The van der Waals surface area contributed by atoms with Crippen molar-refractivity contribution >= 4 is 21.7 Å². The van der Waals surface area contributed by atoms with Crippen molar-refractivity contribution in [2.45, 2.75) is 11.3 Å². The monoisotopic (exact) mass is 271 g/mol. The second-order valence-corrected chi connectivity index (χ2v) is 5.78. The molecule has 2 N–H and O–H groups in total. The maximum atomic E-state index is 11.3. The second kappa shape index (κ2) is 5.63. The first-order chi connectivity index (χ1) is 8.29. The van der Waals surface area contributed by atoms with Gasteiger partial charge in [0.05, 0.1) is 11.3 Å². The molecule has 0 atom stereocenters. The smallest absolute Gasteiger partial charge is 0.322 e. The molecule has 0 spiro atoms. The maximum absolute atomic E-state index is 11.3. The van der Waals surface area contributed by atoms with E-state index in [-0.39, 0.29) is 11.3 Å². The van der Waals surface area contributed by atoms with Gasteiger partial charge in [-0.1, -0.05) is 12.1 Å². The third kappa shape index (κ3) is 4.54. The molecule has 1 aromatic rings. The first-order valence-electron chi connectivity index (χ1n) is 5.06. The zero-order valence-electron chi connectivity index (χ0n) is 9.71. The van der Waals surface area contributed by atoms with Crippen molar-refractivity contribution in [2.24, 2.45) is 0 Å². The van der Waals surface area contributed by atoms with Gasteiger partial charge in [-0.3, -0.25) is 9.59 Å². The Balaban J connectivity index is 2.64. The first-order valence-corrected chi connectivity index (χ1v) is 6.95. The van der Waals surface area contributed by atoms with Crippen LogP contribution in [0.4, 0.5) is 0 Å². The van der Waals surface area contributed by atoms with Crippen molar-refractivity contribution in [1.29, 1.82) is 0 Å². The summed E-state index contributed by atoms with van der Waals surface area (Å²) in [5, 5.41) is 10.6. The molecule has 0 fully saturated rings. The summed E-state index contributed by atoms with van der Waals surface area (Å²) in [6.07, 6.45) is 1.11. The molecule has 0 saturated carbocycles. The third-order valence-electron chi connectivity index (χ3n) is 2.15. The Kier molecular flexibility index (Phi) is 4.43. The predicted octanol–water partition coefficient (Wildman–Crippen LogP) is -0.167. The van der Waals surface area contributed by atoms with E-state index in [1.54, 1.807) is 0 Å². The Labute approximate surface area is 105 Å². The minimum absolute atomic E-state index is 0.0112. The quantitative estimate of drug-likeness (QED) is 0.774. The van der Waals surface area contributed by atoms with Gasteiger partial charge in [0.15, 0.2) is 9.84 Å². The van der Waals surface area contributed by atoms with Gasteiger partial charge in [0, 0.05) is 6.26 Å². The zero-order chi connectivity index (χ0) is 13.8. The number of rotatable bonds is 5. The van der Waals surface area contributed by atoms with Crippen LogP contribution in [0.1, 0.15) is 5.56 Å². The van der Waals surface area contributed by atoms with Crippen LogP contribution in [-0.2, 0) is 25.8 Å². The molecule has 18 heavy (non-hydrogen) atoms. The van der Waals surface area contributed by atoms with Crippen molar-refractivity contribution in [3.05, 3.63) is 29.8 Å². The van der Waals surface area contributed by atoms with Crippen molar-refractivity contribution in [3.63, 3.8) is 0 Å². The van der Waals surface area contributed by atoms with Gasteiger partial charge < -0.3 is 10.4 Å². The summed E-state index contributed by atoms with van der Waals surface area (Å²) in [7, 11) is -3.25. The van der Waals surface area contributed by atoms with E-state index in [4.69, 9.17) is 5.11 Å². The fourth-order valence-corrected chi connectivity index (χ4v) is 1.91. The highest BCUT2D eigenvalue weighted by atomic mass is 32.2. The Morgan fingerprint density at radius 3 is 2.22 bits per heavy atom. The van der Waals surface area contributed by atoms with Crippen LogP contribution in [0.5, 0.6) is 0 Å². The molecule has 0 heterocycles. The van der Waals surface area contributed by atoms with Crippen molar-refractivity contribution in [2.75, 3.05) is 12.8 Å². The molecule has 7 heteroatoms. The summed E-state index contributed by atoms with van der Waals surface area (Å²) in [4.78, 5) is 21.7. The summed E-state index contributed by atoms with van der Waals surface area (Å²) in [6, 6.07) is 5.87. The lowest BCUT2D eigenvalue weighted by atomic mass is 10.1. The lowest BCUT2D eigenvalue weighted by Gasteiger charge is -2.03. The Morgan fingerprint density at radius 2 is 1.78 bits per heavy atom. The fourth-order valence-electron chi connectivity index (χ4n) is 1.28. The molecule has 0 aliphatic heterocycles.